The van der Waals surface area contributed by atoms with Crippen LogP contribution in [-0.2, 0) is 4.79 Å². The molecule has 36 heavy (non-hydrogen) atoms. The third-order valence-electron chi connectivity index (χ3n) is 6.45. The van der Waals surface area contributed by atoms with E-state index in [1.54, 1.807) is 6.20 Å². The number of pyridine rings is 2. The molecule has 1 fully saturated rings. The van der Waals surface area contributed by atoms with E-state index >= 15 is 0 Å². The molecular formula is C26H31N9O. The highest BCUT2D eigenvalue weighted by molar-refractivity contribution is 5.98. The average molecular weight is 486 g/mol. The number of fused-ring (bicyclic) bond motifs is 1. The second-order valence-corrected chi connectivity index (χ2v) is 9.47. The van der Waals surface area contributed by atoms with Gasteiger partial charge in [0, 0.05) is 36.5 Å². The number of hydrogen-bond acceptors (Lipinski definition) is 7. The Kier molecular flexibility index (Phi) is 6.41. The lowest BCUT2D eigenvalue weighted by Crippen LogP contribution is -2.43. The molecule has 0 radical (unpaired) electrons. The summed E-state index contributed by atoms with van der Waals surface area (Å²) in [4.78, 5) is 23.3. The van der Waals surface area contributed by atoms with E-state index in [1.165, 1.54) is 6.08 Å². The van der Waals surface area contributed by atoms with E-state index < -0.39 is 0 Å². The molecule has 4 aromatic heterocycles. The standard InChI is InChI=1S/C26H31N9O/c1-5-23(36)30-20-11-17(4)25(27-14-20)34-10-6-7-19(15-34)31-26-32-22-9-8-21(18-12-28-29-13-18)24(16(2)3)35(22)33-26/h5,8-9,11-14,16,19H,1,6-7,10,15H2,2-4H3,(H,28,29)(H,30,36)(H,31,33)/t19-/m1/s1. The maximum absolute atomic E-state index is 11.6. The summed E-state index contributed by atoms with van der Waals surface area (Å²) in [5.41, 5.74) is 5.72. The van der Waals surface area contributed by atoms with Gasteiger partial charge in [-0.05, 0) is 55.5 Å². The van der Waals surface area contributed by atoms with E-state index in [2.05, 4.69) is 57.2 Å². The van der Waals surface area contributed by atoms with E-state index in [1.807, 2.05) is 36.0 Å². The summed E-state index contributed by atoms with van der Waals surface area (Å²) in [5.74, 6) is 1.56. The van der Waals surface area contributed by atoms with Gasteiger partial charge in [-0.2, -0.15) is 10.1 Å². The molecule has 1 aliphatic heterocycles. The smallest absolute Gasteiger partial charge is 0.247 e. The molecular weight excluding hydrogens is 454 g/mol. The molecule has 10 heteroatoms. The zero-order valence-corrected chi connectivity index (χ0v) is 20.8. The Labute approximate surface area is 209 Å². The van der Waals surface area contributed by atoms with Gasteiger partial charge in [0.25, 0.3) is 0 Å². The molecule has 3 N–H and O–H groups in total. The van der Waals surface area contributed by atoms with Crippen molar-refractivity contribution in [3.05, 3.63) is 60.7 Å². The maximum atomic E-state index is 11.6. The number of carbonyl (C=O) groups is 1. The fourth-order valence-corrected chi connectivity index (χ4v) is 4.86. The number of H-pyrrole nitrogens is 1. The van der Waals surface area contributed by atoms with Crippen molar-refractivity contribution in [1.82, 2.24) is 29.8 Å². The normalized spacial score (nSPS) is 15.9. The molecule has 0 spiro atoms. The van der Waals surface area contributed by atoms with E-state index in [-0.39, 0.29) is 17.9 Å². The quantitative estimate of drug-likeness (QED) is 0.337. The molecule has 1 atom stereocenters. The molecule has 1 aliphatic rings. The third-order valence-corrected chi connectivity index (χ3v) is 6.45. The molecule has 0 bridgehead atoms. The van der Waals surface area contributed by atoms with Crippen LogP contribution in [0.25, 0.3) is 16.8 Å². The van der Waals surface area contributed by atoms with E-state index in [9.17, 15) is 4.79 Å². The van der Waals surface area contributed by atoms with Crippen molar-refractivity contribution < 1.29 is 4.79 Å². The van der Waals surface area contributed by atoms with Crippen LogP contribution in [0, 0.1) is 6.92 Å². The number of nitrogens with one attached hydrogen (secondary N) is 3. The zero-order chi connectivity index (χ0) is 25.2. The van der Waals surface area contributed by atoms with Gasteiger partial charge in [0.15, 0.2) is 5.65 Å². The van der Waals surface area contributed by atoms with E-state index in [0.717, 1.165) is 59.8 Å². The first kappa shape index (κ1) is 23.5. The number of amides is 1. The van der Waals surface area contributed by atoms with Crippen LogP contribution in [-0.4, -0.2) is 54.8 Å². The fraction of sp³-hybridized carbons (Fsp3) is 0.346. The van der Waals surface area contributed by atoms with Crippen molar-refractivity contribution >= 4 is 29.0 Å². The van der Waals surface area contributed by atoms with E-state index in [4.69, 9.17) is 10.1 Å². The SMILES string of the molecule is C=CC(=O)Nc1cnc(N2CCC[C@@H](Nc3nc4ccc(-c5cn[nH]c5)c(C(C)C)n4n3)C2)c(C)c1. The van der Waals surface area contributed by atoms with Crippen LogP contribution < -0.4 is 15.5 Å². The Bertz CT molecular complexity index is 1390. The number of anilines is 3. The number of aromatic amines is 1. The molecule has 4 aromatic rings. The molecule has 1 saturated heterocycles. The molecule has 186 valence electrons. The number of piperidine rings is 1. The van der Waals surface area contributed by atoms with Gasteiger partial charge in [0.1, 0.15) is 5.82 Å². The van der Waals surface area contributed by atoms with Gasteiger partial charge in [-0.3, -0.25) is 9.89 Å². The molecule has 0 saturated carbocycles. The molecule has 5 heterocycles. The number of aromatic nitrogens is 6. The topological polar surface area (TPSA) is 116 Å². The van der Waals surface area contributed by atoms with Gasteiger partial charge in [-0.1, -0.05) is 20.4 Å². The van der Waals surface area contributed by atoms with Crippen LogP contribution in [0.2, 0.25) is 0 Å². The van der Waals surface area contributed by atoms with Crippen molar-refractivity contribution in [3.8, 4) is 11.1 Å². The molecule has 0 aromatic carbocycles. The van der Waals surface area contributed by atoms with Crippen LogP contribution in [0.4, 0.5) is 17.5 Å². The minimum Gasteiger partial charge on any atom is -0.354 e. The molecule has 0 aliphatic carbocycles. The van der Waals surface area contributed by atoms with Gasteiger partial charge in [-0.25, -0.2) is 9.50 Å². The third kappa shape index (κ3) is 4.66. The number of rotatable bonds is 7. The second-order valence-electron chi connectivity index (χ2n) is 9.47. The summed E-state index contributed by atoms with van der Waals surface area (Å²) >= 11 is 0. The monoisotopic (exact) mass is 485 g/mol. The summed E-state index contributed by atoms with van der Waals surface area (Å²) in [6.07, 6.45) is 8.72. The highest BCUT2D eigenvalue weighted by Gasteiger charge is 2.24. The minimum atomic E-state index is -0.247. The molecule has 5 rings (SSSR count). The molecule has 0 unspecified atom stereocenters. The lowest BCUT2D eigenvalue weighted by molar-refractivity contribution is -0.111. The zero-order valence-electron chi connectivity index (χ0n) is 20.8. The maximum Gasteiger partial charge on any atom is 0.247 e. The van der Waals surface area contributed by atoms with Gasteiger partial charge in [0.05, 0.1) is 23.8 Å². The lowest BCUT2D eigenvalue weighted by Gasteiger charge is -2.34. The van der Waals surface area contributed by atoms with Crippen LogP contribution in [0.15, 0.2) is 49.4 Å². The summed E-state index contributed by atoms with van der Waals surface area (Å²) in [6, 6.07) is 6.22. The Morgan fingerprint density at radius 1 is 1.31 bits per heavy atom. The first-order chi connectivity index (χ1) is 17.4. The number of nitrogens with zero attached hydrogens (tertiary/aromatic N) is 6. The first-order valence-corrected chi connectivity index (χ1v) is 12.2. The second kappa shape index (κ2) is 9.80. The van der Waals surface area contributed by atoms with E-state index in [0.29, 0.717) is 11.6 Å². The largest absolute Gasteiger partial charge is 0.354 e. The summed E-state index contributed by atoms with van der Waals surface area (Å²) in [5, 5.41) is 18.2. The van der Waals surface area contributed by atoms with Crippen LogP contribution in [0.1, 0.15) is 43.9 Å². The van der Waals surface area contributed by atoms with Gasteiger partial charge >= 0.3 is 0 Å². The van der Waals surface area contributed by atoms with Crippen LogP contribution in [0.5, 0.6) is 0 Å². The predicted molar refractivity (Wildman–Crippen MR) is 141 cm³/mol. The van der Waals surface area contributed by atoms with Crippen molar-refractivity contribution in [1.29, 1.82) is 0 Å². The number of hydrogen-bond donors (Lipinski definition) is 3. The summed E-state index contributed by atoms with van der Waals surface area (Å²) < 4.78 is 1.94. The first-order valence-electron chi connectivity index (χ1n) is 12.2. The summed E-state index contributed by atoms with van der Waals surface area (Å²) in [7, 11) is 0. The Balaban J connectivity index is 1.35. The number of aryl methyl sites for hydroxylation is 1. The van der Waals surface area contributed by atoms with Crippen molar-refractivity contribution in [2.45, 2.75) is 45.6 Å². The average Bonchev–Trinajstić information content (AvgIpc) is 3.53. The number of carbonyl (C=O) groups excluding carboxylic acids is 1. The van der Waals surface area contributed by atoms with Gasteiger partial charge in [-0.15, -0.1) is 5.10 Å². The minimum absolute atomic E-state index is 0.188. The van der Waals surface area contributed by atoms with Crippen molar-refractivity contribution in [2.75, 3.05) is 28.6 Å². The predicted octanol–water partition coefficient (Wildman–Crippen LogP) is 4.15. The van der Waals surface area contributed by atoms with Crippen molar-refractivity contribution in [2.24, 2.45) is 0 Å². The van der Waals surface area contributed by atoms with Crippen molar-refractivity contribution in [3.63, 3.8) is 0 Å². The van der Waals surface area contributed by atoms with Gasteiger partial charge in [0.2, 0.25) is 11.9 Å². The van der Waals surface area contributed by atoms with Crippen LogP contribution >= 0.6 is 0 Å². The molecule has 1 amide bonds. The Morgan fingerprint density at radius 2 is 2.17 bits per heavy atom. The van der Waals surface area contributed by atoms with Gasteiger partial charge < -0.3 is 15.5 Å². The highest BCUT2D eigenvalue weighted by Crippen LogP contribution is 2.30. The lowest BCUT2D eigenvalue weighted by atomic mass is 10.00. The van der Waals surface area contributed by atoms with Crippen LogP contribution in [0.3, 0.4) is 0 Å². The fourth-order valence-electron chi connectivity index (χ4n) is 4.86. The molecule has 10 nitrogen and oxygen atoms in total. The Morgan fingerprint density at radius 3 is 2.89 bits per heavy atom. The summed E-state index contributed by atoms with van der Waals surface area (Å²) in [6.45, 7) is 11.5. The Hall–Kier alpha value is -4.21. The highest BCUT2D eigenvalue weighted by atomic mass is 16.1.